The minimum atomic E-state index is -0.636. The molecule has 5 heterocycles. The summed E-state index contributed by atoms with van der Waals surface area (Å²) in [5.74, 6) is 0.367. The van der Waals surface area contributed by atoms with Gasteiger partial charge in [0, 0.05) is 42.7 Å². The fraction of sp³-hybridized carbons (Fsp3) is 0.379. The Morgan fingerprint density at radius 3 is 2.44 bits per heavy atom. The van der Waals surface area contributed by atoms with Crippen molar-refractivity contribution in [3.8, 4) is 11.1 Å². The number of hydrogen-bond acceptors (Lipinski definition) is 8. The molecule has 1 saturated carbocycles. The third-order valence-electron chi connectivity index (χ3n) is 8.13. The van der Waals surface area contributed by atoms with E-state index in [1.165, 1.54) is 11.6 Å². The van der Waals surface area contributed by atoms with Crippen molar-refractivity contribution in [1.29, 1.82) is 0 Å². The van der Waals surface area contributed by atoms with Gasteiger partial charge in [-0.05, 0) is 72.2 Å². The molecule has 4 aromatic rings. The number of likely N-dealkylation sites (tertiary alicyclic amines) is 1. The Morgan fingerprint density at radius 2 is 1.73 bits per heavy atom. The Morgan fingerprint density at radius 1 is 1.02 bits per heavy atom. The van der Waals surface area contributed by atoms with Gasteiger partial charge in [-0.15, -0.1) is 0 Å². The molecule has 12 heteroatoms. The summed E-state index contributed by atoms with van der Waals surface area (Å²) in [6, 6.07) is 3.10. The molecule has 41 heavy (non-hydrogen) atoms. The van der Waals surface area contributed by atoms with Crippen LogP contribution in [-0.2, 0) is 16.1 Å². The number of amides is 2. The number of aryl methyl sites for hydroxylation is 3. The Kier molecular flexibility index (Phi) is 6.48. The first-order valence-electron chi connectivity index (χ1n) is 13.4. The number of anilines is 1. The van der Waals surface area contributed by atoms with E-state index >= 15 is 0 Å². The lowest BCUT2D eigenvalue weighted by atomic mass is 10.0. The van der Waals surface area contributed by atoms with Crippen molar-refractivity contribution in [2.75, 3.05) is 5.32 Å². The average molecular weight is 618 g/mol. The van der Waals surface area contributed by atoms with Gasteiger partial charge in [0.25, 0.3) is 0 Å². The molecule has 3 atom stereocenters. The van der Waals surface area contributed by atoms with E-state index in [9.17, 15) is 14.4 Å². The Hall–Kier alpha value is -4.06. The highest BCUT2D eigenvalue weighted by Gasteiger charge is 2.64. The number of Topliss-reactive ketones (excluding diaryl/α,β-unsaturated/α-hetero) is 1. The number of aromatic nitrogens is 6. The van der Waals surface area contributed by atoms with Crippen molar-refractivity contribution >= 4 is 50.4 Å². The fourth-order valence-electron chi connectivity index (χ4n) is 5.75. The zero-order valence-corrected chi connectivity index (χ0v) is 25.0. The highest BCUT2D eigenvalue weighted by Crippen LogP contribution is 2.59. The maximum atomic E-state index is 13.8. The van der Waals surface area contributed by atoms with E-state index < -0.39 is 6.04 Å². The molecule has 4 aromatic heterocycles. The summed E-state index contributed by atoms with van der Waals surface area (Å²) in [7, 11) is 0. The molecule has 210 valence electrons. The van der Waals surface area contributed by atoms with Gasteiger partial charge in [0.05, 0.1) is 5.39 Å². The summed E-state index contributed by atoms with van der Waals surface area (Å²) in [5.41, 5.74) is 3.85. The zero-order chi connectivity index (χ0) is 29.2. The lowest BCUT2D eigenvalue weighted by Crippen LogP contribution is -2.47. The van der Waals surface area contributed by atoms with Crippen LogP contribution >= 0.6 is 15.9 Å². The van der Waals surface area contributed by atoms with Crippen LogP contribution in [0.1, 0.15) is 54.1 Å². The SMILES string of the molecule is CC(=O)c1nn(CC(=O)N2[C@H](C(=O)Nc3nc(Br)c(C)cc3C)C[C@@]3(C)C[C@@H]23)c2ncc(-c3cnc(C)nc3)cc12. The molecule has 0 spiro atoms. The van der Waals surface area contributed by atoms with Crippen LogP contribution in [0.4, 0.5) is 5.82 Å². The highest BCUT2D eigenvalue weighted by atomic mass is 79.9. The van der Waals surface area contributed by atoms with Crippen LogP contribution in [-0.4, -0.2) is 64.3 Å². The number of pyridine rings is 2. The summed E-state index contributed by atoms with van der Waals surface area (Å²) in [4.78, 5) is 59.0. The third kappa shape index (κ3) is 4.79. The largest absolute Gasteiger partial charge is 0.325 e. The van der Waals surface area contributed by atoms with E-state index in [4.69, 9.17) is 0 Å². The molecule has 11 nitrogen and oxygen atoms in total. The Labute approximate surface area is 244 Å². The van der Waals surface area contributed by atoms with E-state index in [0.717, 1.165) is 28.7 Å². The maximum absolute atomic E-state index is 13.8. The molecule has 2 fully saturated rings. The predicted octanol–water partition coefficient (Wildman–Crippen LogP) is 4.19. The Balaban J connectivity index is 1.28. The molecule has 1 saturated heterocycles. The third-order valence-corrected chi connectivity index (χ3v) is 8.93. The van der Waals surface area contributed by atoms with Gasteiger partial charge in [-0.2, -0.15) is 5.10 Å². The van der Waals surface area contributed by atoms with E-state index in [2.05, 4.69) is 53.2 Å². The predicted molar refractivity (Wildman–Crippen MR) is 155 cm³/mol. The van der Waals surface area contributed by atoms with Gasteiger partial charge < -0.3 is 10.2 Å². The summed E-state index contributed by atoms with van der Waals surface area (Å²) < 4.78 is 2.12. The number of nitrogens with zero attached hydrogens (tertiary/aromatic N) is 7. The second-order valence-electron chi connectivity index (χ2n) is 11.3. The van der Waals surface area contributed by atoms with Crippen molar-refractivity contribution in [1.82, 2.24) is 34.6 Å². The zero-order valence-electron chi connectivity index (χ0n) is 23.4. The molecule has 1 N–H and O–H groups in total. The number of hydrogen-bond donors (Lipinski definition) is 1. The number of nitrogens with one attached hydrogen (secondary N) is 1. The topological polar surface area (TPSA) is 136 Å². The van der Waals surface area contributed by atoms with Gasteiger partial charge in [-0.1, -0.05) is 13.0 Å². The summed E-state index contributed by atoms with van der Waals surface area (Å²) in [6.07, 6.45) is 6.46. The molecule has 0 unspecified atom stereocenters. The van der Waals surface area contributed by atoms with Crippen LogP contribution in [0.2, 0.25) is 0 Å². The van der Waals surface area contributed by atoms with Crippen LogP contribution in [0.3, 0.4) is 0 Å². The molecule has 1 aliphatic heterocycles. The van der Waals surface area contributed by atoms with Gasteiger partial charge in [0.2, 0.25) is 11.8 Å². The van der Waals surface area contributed by atoms with Crippen LogP contribution in [0, 0.1) is 26.2 Å². The Bertz CT molecular complexity index is 1750. The van der Waals surface area contributed by atoms with E-state index in [1.807, 2.05) is 26.0 Å². The standard InChI is InChI=1S/C29H29BrN8O3/c1-14-6-15(2)26(34-25(14)30)35-28(41)21-8-29(5)9-22(29)38(21)23(40)13-37-27-20(24(36-37)16(3)39)7-18(10-33-27)19-11-31-17(4)32-12-19/h6-7,10-12,21-22H,8-9,13H2,1-5H3,(H,34,35,41)/t21-,22+,29-/m0/s1. The van der Waals surface area contributed by atoms with Gasteiger partial charge in [-0.3, -0.25) is 14.4 Å². The maximum Gasteiger partial charge on any atom is 0.248 e. The van der Waals surface area contributed by atoms with Crippen LogP contribution < -0.4 is 5.32 Å². The van der Waals surface area contributed by atoms with Crippen molar-refractivity contribution in [3.63, 3.8) is 0 Å². The van der Waals surface area contributed by atoms with Crippen molar-refractivity contribution in [2.24, 2.45) is 5.41 Å². The fourth-order valence-corrected chi connectivity index (χ4v) is 6.04. The van der Waals surface area contributed by atoms with Gasteiger partial charge in [0.1, 0.15) is 34.5 Å². The molecule has 2 aliphatic rings. The number of carbonyl (C=O) groups is 3. The minimum absolute atomic E-state index is 0.0280. The van der Waals surface area contributed by atoms with Crippen LogP contribution in [0.15, 0.2) is 35.3 Å². The monoisotopic (exact) mass is 616 g/mol. The highest BCUT2D eigenvalue weighted by molar-refractivity contribution is 9.10. The van der Waals surface area contributed by atoms with Crippen molar-refractivity contribution in [2.45, 2.75) is 66.1 Å². The number of halogens is 1. The minimum Gasteiger partial charge on any atom is -0.325 e. The van der Waals surface area contributed by atoms with E-state index in [-0.39, 0.29) is 41.3 Å². The quantitative estimate of drug-likeness (QED) is 0.251. The number of rotatable bonds is 6. The van der Waals surface area contributed by atoms with Crippen LogP contribution in [0.25, 0.3) is 22.2 Å². The summed E-state index contributed by atoms with van der Waals surface area (Å²) >= 11 is 3.43. The number of piperidine rings is 1. The second kappa shape index (κ2) is 9.79. The molecule has 0 bridgehead atoms. The molecule has 0 aromatic carbocycles. The normalized spacial score (nSPS) is 21.2. The first kappa shape index (κ1) is 27.1. The number of carbonyl (C=O) groups excluding carboxylic acids is 3. The van der Waals surface area contributed by atoms with E-state index in [0.29, 0.717) is 33.7 Å². The first-order chi connectivity index (χ1) is 19.4. The molecule has 2 amide bonds. The van der Waals surface area contributed by atoms with Gasteiger partial charge >= 0.3 is 0 Å². The number of fused-ring (bicyclic) bond motifs is 2. The van der Waals surface area contributed by atoms with Crippen molar-refractivity contribution < 1.29 is 14.4 Å². The van der Waals surface area contributed by atoms with Crippen LogP contribution in [0.5, 0.6) is 0 Å². The molecule has 0 radical (unpaired) electrons. The lowest BCUT2D eigenvalue weighted by molar-refractivity contribution is -0.138. The molecule has 1 aliphatic carbocycles. The summed E-state index contributed by atoms with van der Waals surface area (Å²) in [5, 5.41) is 7.96. The number of ketones is 1. The average Bonchev–Trinajstić information content (AvgIpc) is 3.29. The summed E-state index contributed by atoms with van der Waals surface area (Å²) in [6.45, 7) is 9.02. The molecular weight excluding hydrogens is 588 g/mol. The second-order valence-corrected chi connectivity index (χ2v) is 12.1. The molecule has 6 rings (SSSR count). The van der Waals surface area contributed by atoms with E-state index in [1.54, 1.807) is 30.4 Å². The van der Waals surface area contributed by atoms with Gasteiger partial charge in [0.15, 0.2) is 11.4 Å². The molecular formula is C29H29BrN8O3. The van der Waals surface area contributed by atoms with Gasteiger partial charge in [-0.25, -0.2) is 24.6 Å². The smallest absolute Gasteiger partial charge is 0.248 e. The lowest BCUT2D eigenvalue weighted by Gasteiger charge is -2.27. The first-order valence-corrected chi connectivity index (χ1v) is 14.2. The van der Waals surface area contributed by atoms with Crippen molar-refractivity contribution in [3.05, 3.63) is 58.0 Å².